The fraction of sp³-hybridized carbons (Fsp3) is 0.545. The molecule has 0 aliphatic carbocycles. The zero-order valence-electron chi connectivity index (χ0n) is 16.9. The number of aromatic amines is 1. The van der Waals surface area contributed by atoms with Crippen molar-refractivity contribution in [2.45, 2.75) is 24.9 Å². The number of imidazole rings is 1. The number of H-pyrrole nitrogens is 1. The Labute approximate surface area is 188 Å². The van der Waals surface area contributed by atoms with Crippen molar-refractivity contribution in [1.29, 1.82) is 0 Å². The van der Waals surface area contributed by atoms with Gasteiger partial charge in [0.15, 0.2) is 11.2 Å². The van der Waals surface area contributed by atoms with Gasteiger partial charge < -0.3 is 29.6 Å². The number of nitrogens with two attached hydrogens (primary N) is 1. The Bertz CT molecular complexity index is 1230. The van der Waals surface area contributed by atoms with Gasteiger partial charge in [-0.15, -0.1) is 4.99 Å². The molecule has 3 rings (SSSR count). The SMILES string of the molecule is CNc1nc2c(ncn2[C@H]2C[C@H](OON)[C@@H](COP(=O)(O)OP(=O)(O)OP(=O)(O)O)O2)c(=O)[nH]1. The molecule has 8 N–H and O–H groups in total. The van der Waals surface area contributed by atoms with Crippen LogP contribution >= 0.6 is 23.5 Å². The van der Waals surface area contributed by atoms with Gasteiger partial charge >= 0.3 is 23.5 Å². The minimum absolute atomic E-state index is 0.00754. The summed E-state index contributed by atoms with van der Waals surface area (Å²) in [5, 5.41) is 2.67. The average Bonchev–Trinajstić information content (AvgIpc) is 3.28. The van der Waals surface area contributed by atoms with E-state index in [9.17, 15) is 28.3 Å². The third kappa shape index (κ3) is 6.75. The van der Waals surface area contributed by atoms with Crippen molar-refractivity contribution in [3.05, 3.63) is 16.7 Å². The van der Waals surface area contributed by atoms with E-state index in [0.29, 0.717) is 0 Å². The molecule has 23 heteroatoms. The smallest absolute Gasteiger partial charge is 0.359 e. The molecule has 3 heterocycles. The topological polar surface area (TPSA) is 289 Å². The Morgan fingerprint density at radius 3 is 2.59 bits per heavy atom. The van der Waals surface area contributed by atoms with Gasteiger partial charge in [0.05, 0.1) is 12.9 Å². The molecule has 5 atom stereocenters. The van der Waals surface area contributed by atoms with E-state index >= 15 is 0 Å². The number of phosphoric acid groups is 3. The van der Waals surface area contributed by atoms with Crippen LogP contribution in [-0.4, -0.2) is 65.0 Å². The van der Waals surface area contributed by atoms with Gasteiger partial charge in [-0.2, -0.15) is 19.5 Å². The molecule has 0 spiro atoms. The standard InChI is InChI=1S/C11H19N6O14P3/c1-13-11-15-9-8(10(18)16-11)14-4-17(9)7-2-5(28-29-12)6(27-7)3-26-33(22,23)31-34(24,25)30-32(19,20)21/h4-7H,2-3,12H2,1H3,(H,22,23)(H,24,25)(H2,19,20,21)(H2,13,15,16,18)/t5-,6+,7+/m0/s1. The van der Waals surface area contributed by atoms with Crippen molar-refractivity contribution < 1.29 is 61.0 Å². The van der Waals surface area contributed by atoms with E-state index in [1.54, 1.807) is 0 Å². The van der Waals surface area contributed by atoms with Crippen molar-refractivity contribution in [1.82, 2.24) is 19.5 Å². The minimum Gasteiger partial charge on any atom is -0.359 e. The number of anilines is 1. The molecule has 2 aromatic heterocycles. The second kappa shape index (κ2) is 10.2. The maximum absolute atomic E-state index is 12.1. The molecule has 192 valence electrons. The highest BCUT2D eigenvalue weighted by molar-refractivity contribution is 7.66. The number of aromatic nitrogens is 4. The number of hydrogen-bond donors (Lipinski definition) is 7. The first kappa shape index (κ1) is 27.0. The predicted octanol–water partition coefficient (Wildman–Crippen LogP) is -1.02. The summed E-state index contributed by atoms with van der Waals surface area (Å²) in [6, 6.07) is 0. The first-order valence-electron chi connectivity index (χ1n) is 8.84. The minimum atomic E-state index is -5.69. The molecule has 0 aromatic carbocycles. The Hall–Kier alpha value is -1.60. The van der Waals surface area contributed by atoms with Crippen LogP contribution in [0.4, 0.5) is 5.95 Å². The van der Waals surface area contributed by atoms with E-state index < -0.39 is 54.1 Å². The monoisotopic (exact) mass is 552 g/mol. The summed E-state index contributed by atoms with van der Waals surface area (Å²) in [4.78, 5) is 67.7. The van der Waals surface area contributed by atoms with Crippen LogP contribution in [0.2, 0.25) is 0 Å². The molecule has 0 amide bonds. The quantitative estimate of drug-likeness (QED) is 0.0997. The summed E-state index contributed by atoms with van der Waals surface area (Å²) in [5.41, 5.74) is -0.417. The fourth-order valence-electron chi connectivity index (χ4n) is 2.92. The number of ether oxygens (including phenoxy) is 1. The lowest BCUT2D eigenvalue weighted by Crippen LogP contribution is -2.30. The molecule has 1 aliphatic rings. The number of hydrogen-bond acceptors (Lipinski definition) is 14. The number of phosphoric ester groups is 1. The third-order valence-corrected chi connectivity index (χ3v) is 7.96. The lowest BCUT2D eigenvalue weighted by Gasteiger charge is -2.20. The van der Waals surface area contributed by atoms with Crippen molar-refractivity contribution in [2.75, 3.05) is 19.0 Å². The van der Waals surface area contributed by atoms with E-state index in [4.69, 9.17) is 25.3 Å². The van der Waals surface area contributed by atoms with E-state index in [1.165, 1.54) is 17.9 Å². The first-order chi connectivity index (χ1) is 15.7. The number of nitrogens with zero attached hydrogens (tertiary/aromatic N) is 3. The summed E-state index contributed by atoms with van der Waals surface area (Å²) < 4.78 is 53.0. The third-order valence-electron chi connectivity index (χ3n) is 4.16. The van der Waals surface area contributed by atoms with Gasteiger partial charge in [-0.1, -0.05) is 0 Å². The van der Waals surface area contributed by atoms with Crippen LogP contribution in [0.5, 0.6) is 0 Å². The molecule has 20 nitrogen and oxygen atoms in total. The van der Waals surface area contributed by atoms with Crippen LogP contribution in [0.25, 0.3) is 11.2 Å². The van der Waals surface area contributed by atoms with Gasteiger partial charge in [0, 0.05) is 13.5 Å². The highest BCUT2D eigenvalue weighted by atomic mass is 31.3. The van der Waals surface area contributed by atoms with Crippen LogP contribution < -0.4 is 16.8 Å². The zero-order chi connectivity index (χ0) is 25.3. The Morgan fingerprint density at radius 2 is 1.97 bits per heavy atom. The maximum Gasteiger partial charge on any atom is 0.490 e. The van der Waals surface area contributed by atoms with E-state index in [1.807, 2.05) is 0 Å². The Balaban J connectivity index is 1.75. The highest BCUT2D eigenvalue weighted by Crippen LogP contribution is 2.66. The van der Waals surface area contributed by atoms with Crippen LogP contribution in [0.1, 0.15) is 12.6 Å². The Kier molecular flexibility index (Phi) is 8.08. The summed E-state index contributed by atoms with van der Waals surface area (Å²) in [5.74, 6) is 5.05. The van der Waals surface area contributed by atoms with Crippen LogP contribution in [-0.2, 0) is 41.5 Å². The van der Waals surface area contributed by atoms with Gasteiger partial charge in [0.1, 0.15) is 18.4 Å². The molecule has 0 radical (unpaired) electrons. The lowest BCUT2D eigenvalue weighted by atomic mass is 10.2. The molecule has 0 saturated carbocycles. The average molecular weight is 552 g/mol. The normalized spacial score (nSPS) is 24.7. The largest absolute Gasteiger partial charge is 0.490 e. The van der Waals surface area contributed by atoms with Gasteiger partial charge in [0.25, 0.3) is 5.56 Å². The highest BCUT2D eigenvalue weighted by Gasteiger charge is 2.44. The second-order valence-electron chi connectivity index (χ2n) is 6.47. The zero-order valence-corrected chi connectivity index (χ0v) is 19.5. The van der Waals surface area contributed by atoms with Gasteiger partial charge in [-0.05, 0) is 0 Å². The molecule has 1 fully saturated rings. The van der Waals surface area contributed by atoms with Crippen molar-refractivity contribution in [3.63, 3.8) is 0 Å². The van der Waals surface area contributed by atoms with E-state index in [0.717, 1.165) is 0 Å². The fourth-order valence-corrected chi connectivity index (χ4v) is 5.95. The summed E-state index contributed by atoms with van der Waals surface area (Å²) in [7, 11) is -15.1. The maximum atomic E-state index is 12.1. The first-order valence-corrected chi connectivity index (χ1v) is 13.4. The van der Waals surface area contributed by atoms with Crippen molar-refractivity contribution in [3.8, 4) is 0 Å². The molecule has 2 aromatic rings. The van der Waals surface area contributed by atoms with Crippen molar-refractivity contribution in [2.24, 2.45) is 5.90 Å². The number of rotatable bonds is 11. The molecule has 1 saturated heterocycles. The summed E-state index contributed by atoms with van der Waals surface area (Å²) in [6.45, 7) is -0.823. The van der Waals surface area contributed by atoms with Crippen LogP contribution in [0.3, 0.4) is 0 Å². The van der Waals surface area contributed by atoms with E-state index in [-0.39, 0.29) is 23.5 Å². The van der Waals surface area contributed by atoms with Gasteiger partial charge in [-0.25, -0.2) is 23.6 Å². The van der Waals surface area contributed by atoms with Gasteiger partial charge in [-0.3, -0.25) is 18.9 Å². The number of nitrogens with one attached hydrogen (secondary N) is 2. The molecule has 1 aliphatic heterocycles. The number of fused-ring (bicyclic) bond motifs is 1. The molecular formula is C11H19N6O14P3. The summed E-state index contributed by atoms with van der Waals surface area (Å²) >= 11 is 0. The van der Waals surface area contributed by atoms with Crippen LogP contribution in [0, 0.1) is 0 Å². The van der Waals surface area contributed by atoms with Crippen LogP contribution in [0.15, 0.2) is 11.1 Å². The molecule has 0 bridgehead atoms. The molecule has 2 unspecified atom stereocenters. The second-order valence-corrected chi connectivity index (χ2v) is 10.9. The molecular weight excluding hydrogens is 533 g/mol. The lowest BCUT2D eigenvalue weighted by molar-refractivity contribution is -0.335. The van der Waals surface area contributed by atoms with Gasteiger partial charge in [0.2, 0.25) is 5.95 Å². The molecule has 34 heavy (non-hydrogen) atoms. The summed E-state index contributed by atoms with van der Waals surface area (Å²) in [6.07, 6.45) is -1.93. The van der Waals surface area contributed by atoms with Crippen molar-refractivity contribution >= 4 is 40.6 Å². The Morgan fingerprint density at radius 1 is 1.26 bits per heavy atom. The van der Waals surface area contributed by atoms with E-state index in [2.05, 4.69) is 38.4 Å². The predicted molar refractivity (Wildman–Crippen MR) is 106 cm³/mol.